The highest BCUT2D eigenvalue weighted by Gasteiger charge is 2.73. The number of carbonyl (C=O) groups is 1. The van der Waals surface area contributed by atoms with Gasteiger partial charge in [0.2, 0.25) is 5.91 Å². The summed E-state index contributed by atoms with van der Waals surface area (Å²) in [5, 5.41) is 21.2. The predicted molar refractivity (Wildman–Crippen MR) is 48.6 cm³/mol. The van der Waals surface area contributed by atoms with E-state index in [0.717, 1.165) is 4.90 Å². The van der Waals surface area contributed by atoms with E-state index in [1.54, 1.807) is 0 Å². The molecule has 1 fully saturated rings. The summed E-state index contributed by atoms with van der Waals surface area (Å²) in [6.07, 6.45) is 0. The van der Waals surface area contributed by atoms with Crippen molar-refractivity contribution in [2.45, 2.75) is 18.6 Å². The van der Waals surface area contributed by atoms with E-state index in [1.165, 1.54) is 6.92 Å². The largest absolute Gasteiger partial charge is 0.494 e. The zero-order chi connectivity index (χ0) is 11.8. The molecule has 0 N–H and O–H groups in total. The summed E-state index contributed by atoms with van der Waals surface area (Å²) in [7, 11) is 0. The van der Waals surface area contributed by atoms with Crippen LogP contribution in [0.3, 0.4) is 0 Å². The molecule has 1 aliphatic rings. The molecule has 1 saturated heterocycles. The molecule has 0 aromatic carbocycles. The van der Waals surface area contributed by atoms with Gasteiger partial charge in [-0.25, -0.2) is 0 Å². The van der Waals surface area contributed by atoms with Crippen LogP contribution in [0.25, 0.3) is 0 Å². The maximum Gasteiger partial charge on any atom is 0.494 e. The summed E-state index contributed by atoms with van der Waals surface area (Å²) in [6.45, 7) is 0.735. The minimum atomic E-state index is -2.28. The molecule has 1 amide bonds. The molecule has 0 radical (unpaired) electrons. The molecule has 15 heavy (non-hydrogen) atoms. The number of alkyl halides is 1. The molecule has 1 rings (SSSR count). The Kier molecular flexibility index (Phi) is 2.80. The lowest BCUT2D eigenvalue weighted by molar-refractivity contribution is -0.817. The van der Waals surface area contributed by atoms with Crippen molar-refractivity contribution in [3.8, 4) is 0 Å². The molecule has 0 aliphatic carbocycles. The number of nitro groups is 2. The third kappa shape index (κ3) is 1.41. The monoisotopic (exact) mass is 237 g/mol. The van der Waals surface area contributed by atoms with Crippen molar-refractivity contribution in [3.63, 3.8) is 0 Å². The van der Waals surface area contributed by atoms with E-state index in [-0.39, 0.29) is 5.88 Å². The average molecular weight is 238 g/mol. The standard InChI is InChI=1S/C6H8ClN3O5/c1-4-6(9(12)13,10(14)15)3-8(4)5(11)2-7/h4H,2-3H2,1H3. The SMILES string of the molecule is CC1N(C(=O)CCl)CC1([N+](=O)[O-])[N+](=O)[O-]. The fourth-order valence-electron chi connectivity index (χ4n) is 1.53. The number of rotatable bonds is 3. The summed E-state index contributed by atoms with van der Waals surface area (Å²) < 4.78 is 0. The highest BCUT2D eigenvalue weighted by Crippen LogP contribution is 2.32. The van der Waals surface area contributed by atoms with Crippen molar-refractivity contribution in [2.75, 3.05) is 12.4 Å². The molecule has 0 aromatic rings. The Morgan fingerprint density at radius 3 is 2.27 bits per heavy atom. The van der Waals surface area contributed by atoms with Gasteiger partial charge in [-0.3, -0.25) is 25.0 Å². The number of amides is 1. The van der Waals surface area contributed by atoms with Gasteiger partial charge < -0.3 is 4.90 Å². The summed E-state index contributed by atoms with van der Waals surface area (Å²) in [4.78, 5) is 31.4. The Bertz CT molecular complexity index is 319. The molecule has 1 heterocycles. The Labute approximate surface area is 89.1 Å². The van der Waals surface area contributed by atoms with Gasteiger partial charge in [0.05, 0.1) is 0 Å². The van der Waals surface area contributed by atoms with E-state index in [4.69, 9.17) is 11.6 Å². The normalized spacial score (nSPS) is 23.1. The number of halogens is 1. The third-order valence-corrected chi connectivity index (χ3v) is 2.84. The molecule has 8 nitrogen and oxygen atoms in total. The first-order chi connectivity index (χ1) is 6.87. The smallest absolute Gasteiger partial charge is 0.310 e. The topological polar surface area (TPSA) is 107 Å². The van der Waals surface area contributed by atoms with Crippen molar-refractivity contribution in [2.24, 2.45) is 0 Å². The van der Waals surface area contributed by atoms with Gasteiger partial charge in [0, 0.05) is 0 Å². The molecule has 9 heteroatoms. The van der Waals surface area contributed by atoms with Gasteiger partial charge in [0.15, 0.2) is 12.6 Å². The van der Waals surface area contributed by atoms with Crippen LogP contribution in [0.1, 0.15) is 6.92 Å². The average Bonchev–Trinajstić information content (AvgIpc) is 2.14. The van der Waals surface area contributed by atoms with E-state index >= 15 is 0 Å². The quantitative estimate of drug-likeness (QED) is 0.290. The molecule has 1 aliphatic heterocycles. The fraction of sp³-hybridized carbons (Fsp3) is 0.833. The van der Waals surface area contributed by atoms with Gasteiger partial charge in [-0.2, -0.15) is 0 Å². The van der Waals surface area contributed by atoms with Crippen LogP contribution in [-0.4, -0.2) is 44.8 Å². The van der Waals surface area contributed by atoms with E-state index in [0.29, 0.717) is 0 Å². The Hall–Kier alpha value is -1.44. The van der Waals surface area contributed by atoms with Gasteiger partial charge in [0.1, 0.15) is 15.7 Å². The Morgan fingerprint density at radius 2 is 2.00 bits per heavy atom. The molecule has 84 valence electrons. The van der Waals surface area contributed by atoms with Gasteiger partial charge in [-0.1, -0.05) is 0 Å². The lowest BCUT2D eigenvalue weighted by Gasteiger charge is -2.42. The maximum absolute atomic E-state index is 11.1. The third-order valence-electron chi connectivity index (χ3n) is 2.61. The second kappa shape index (κ2) is 3.61. The number of carbonyl (C=O) groups excluding carboxylic acids is 1. The zero-order valence-electron chi connectivity index (χ0n) is 7.75. The highest BCUT2D eigenvalue weighted by molar-refractivity contribution is 6.27. The molecule has 0 saturated carbocycles. The van der Waals surface area contributed by atoms with Crippen molar-refractivity contribution in [1.82, 2.24) is 4.90 Å². The predicted octanol–water partition coefficient (Wildman–Crippen LogP) is -0.294. The molecule has 0 spiro atoms. The molecule has 0 bridgehead atoms. The lowest BCUT2D eigenvalue weighted by atomic mass is 9.91. The van der Waals surface area contributed by atoms with E-state index in [2.05, 4.69) is 0 Å². The van der Waals surface area contributed by atoms with Gasteiger partial charge in [-0.15, -0.1) is 11.6 Å². The summed E-state index contributed by atoms with van der Waals surface area (Å²) in [5.74, 6) is -0.876. The van der Waals surface area contributed by atoms with Gasteiger partial charge in [0.25, 0.3) is 0 Å². The van der Waals surface area contributed by atoms with Gasteiger partial charge >= 0.3 is 5.66 Å². The van der Waals surface area contributed by atoms with Crippen LogP contribution in [0.5, 0.6) is 0 Å². The molecule has 1 unspecified atom stereocenters. The molecular weight excluding hydrogens is 230 g/mol. The van der Waals surface area contributed by atoms with E-state index in [1.807, 2.05) is 0 Å². The second-order valence-corrected chi connectivity index (χ2v) is 3.49. The number of hydrogen-bond acceptors (Lipinski definition) is 5. The fourth-order valence-corrected chi connectivity index (χ4v) is 1.68. The van der Waals surface area contributed by atoms with Gasteiger partial charge in [-0.05, 0) is 6.92 Å². The Balaban J connectivity index is 2.89. The van der Waals surface area contributed by atoms with Crippen molar-refractivity contribution in [1.29, 1.82) is 0 Å². The minimum Gasteiger partial charge on any atom is -0.310 e. The second-order valence-electron chi connectivity index (χ2n) is 3.22. The zero-order valence-corrected chi connectivity index (χ0v) is 8.51. The first kappa shape index (κ1) is 11.6. The van der Waals surface area contributed by atoms with Crippen LogP contribution in [0.15, 0.2) is 0 Å². The van der Waals surface area contributed by atoms with Crippen LogP contribution in [0.2, 0.25) is 0 Å². The molecule has 0 aromatic heterocycles. The lowest BCUT2D eigenvalue weighted by Crippen LogP contribution is -2.76. The maximum atomic E-state index is 11.1. The van der Waals surface area contributed by atoms with Crippen molar-refractivity contribution in [3.05, 3.63) is 20.2 Å². The first-order valence-corrected chi connectivity index (χ1v) is 4.55. The van der Waals surface area contributed by atoms with Crippen LogP contribution in [-0.2, 0) is 4.79 Å². The van der Waals surface area contributed by atoms with Crippen LogP contribution < -0.4 is 0 Å². The molecular formula is C6H8ClN3O5. The number of nitrogens with zero attached hydrogens (tertiary/aromatic N) is 3. The summed E-state index contributed by atoms with van der Waals surface area (Å²) >= 11 is 5.25. The summed E-state index contributed by atoms with van der Waals surface area (Å²) in [5.41, 5.74) is -2.28. The minimum absolute atomic E-state index is 0.337. The van der Waals surface area contributed by atoms with Crippen LogP contribution in [0, 0.1) is 20.2 Å². The highest BCUT2D eigenvalue weighted by atomic mass is 35.5. The van der Waals surface area contributed by atoms with Crippen LogP contribution >= 0.6 is 11.6 Å². The Morgan fingerprint density at radius 1 is 1.53 bits per heavy atom. The van der Waals surface area contributed by atoms with E-state index < -0.39 is 34.0 Å². The number of likely N-dealkylation sites (tertiary alicyclic amines) is 1. The summed E-state index contributed by atoms with van der Waals surface area (Å²) in [6, 6.07) is -1.08. The van der Waals surface area contributed by atoms with Crippen molar-refractivity contribution >= 4 is 17.5 Å². The molecule has 1 atom stereocenters. The first-order valence-electron chi connectivity index (χ1n) is 4.02. The number of hydrogen-bond donors (Lipinski definition) is 0. The van der Waals surface area contributed by atoms with Crippen LogP contribution in [0.4, 0.5) is 0 Å². The van der Waals surface area contributed by atoms with Crippen molar-refractivity contribution < 1.29 is 14.6 Å². The van der Waals surface area contributed by atoms with E-state index in [9.17, 15) is 25.0 Å².